The van der Waals surface area contributed by atoms with Crippen molar-refractivity contribution in [2.24, 2.45) is 0 Å². The second kappa shape index (κ2) is 10.3. The second-order valence-corrected chi connectivity index (χ2v) is 9.54. The molecule has 3 aromatic rings. The van der Waals surface area contributed by atoms with E-state index >= 15 is 0 Å². The SMILES string of the molecule is Cc1cc(Cl)cc2sc(N(CCCN3CCOCC3)C(=O)Cc3ccccc3Cl)nc12. The Bertz CT molecular complexity index is 1070. The molecule has 1 fully saturated rings. The third-order valence-corrected chi connectivity index (χ3v) is 7.04. The van der Waals surface area contributed by atoms with Crippen molar-refractivity contribution in [1.82, 2.24) is 9.88 Å². The summed E-state index contributed by atoms with van der Waals surface area (Å²) in [5.74, 6) is -0.00196. The van der Waals surface area contributed by atoms with Crippen LogP contribution < -0.4 is 4.90 Å². The maximum Gasteiger partial charge on any atom is 0.233 e. The molecule has 2 heterocycles. The molecule has 0 radical (unpaired) electrons. The minimum Gasteiger partial charge on any atom is -0.379 e. The largest absolute Gasteiger partial charge is 0.379 e. The molecule has 31 heavy (non-hydrogen) atoms. The fourth-order valence-electron chi connectivity index (χ4n) is 3.76. The number of anilines is 1. The first kappa shape index (κ1) is 22.5. The van der Waals surface area contributed by atoms with Crippen molar-refractivity contribution >= 4 is 55.8 Å². The van der Waals surface area contributed by atoms with Crippen molar-refractivity contribution in [2.45, 2.75) is 19.8 Å². The number of thiazole rings is 1. The van der Waals surface area contributed by atoms with Crippen molar-refractivity contribution in [2.75, 3.05) is 44.3 Å². The number of ether oxygens (including phenoxy) is 1. The Morgan fingerprint density at radius 3 is 2.77 bits per heavy atom. The van der Waals surface area contributed by atoms with Crippen LogP contribution in [-0.2, 0) is 16.0 Å². The highest BCUT2D eigenvalue weighted by Gasteiger charge is 2.22. The number of aryl methyl sites for hydroxylation is 1. The van der Waals surface area contributed by atoms with Crippen LogP contribution in [0.1, 0.15) is 17.5 Å². The Labute approximate surface area is 196 Å². The van der Waals surface area contributed by atoms with E-state index in [4.69, 9.17) is 32.9 Å². The molecule has 164 valence electrons. The van der Waals surface area contributed by atoms with Crippen LogP contribution in [0.2, 0.25) is 10.0 Å². The predicted molar refractivity (Wildman–Crippen MR) is 129 cm³/mol. The summed E-state index contributed by atoms with van der Waals surface area (Å²) in [4.78, 5) is 22.3. The van der Waals surface area contributed by atoms with E-state index in [1.165, 1.54) is 11.3 Å². The number of halogens is 2. The Balaban J connectivity index is 1.56. The first-order valence-corrected chi connectivity index (χ1v) is 12.0. The molecule has 0 spiro atoms. The zero-order valence-electron chi connectivity index (χ0n) is 17.4. The normalized spacial score (nSPS) is 14.8. The average molecular weight is 478 g/mol. The van der Waals surface area contributed by atoms with Crippen LogP contribution in [-0.4, -0.2) is 55.2 Å². The van der Waals surface area contributed by atoms with Crippen LogP contribution in [0, 0.1) is 6.92 Å². The van der Waals surface area contributed by atoms with Crippen molar-refractivity contribution in [3.8, 4) is 0 Å². The molecule has 1 amide bonds. The summed E-state index contributed by atoms with van der Waals surface area (Å²) in [7, 11) is 0. The van der Waals surface area contributed by atoms with Crippen molar-refractivity contribution in [3.05, 3.63) is 57.6 Å². The van der Waals surface area contributed by atoms with Gasteiger partial charge in [0.15, 0.2) is 5.13 Å². The number of hydrogen-bond donors (Lipinski definition) is 0. The molecule has 0 aliphatic carbocycles. The molecule has 2 aromatic carbocycles. The summed E-state index contributed by atoms with van der Waals surface area (Å²) in [6.07, 6.45) is 1.11. The monoisotopic (exact) mass is 477 g/mol. The highest BCUT2D eigenvalue weighted by molar-refractivity contribution is 7.22. The average Bonchev–Trinajstić information content (AvgIpc) is 3.17. The summed E-state index contributed by atoms with van der Waals surface area (Å²) in [6, 6.07) is 11.3. The quantitative estimate of drug-likeness (QED) is 0.468. The zero-order chi connectivity index (χ0) is 21.8. The van der Waals surface area contributed by atoms with Gasteiger partial charge >= 0.3 is 0 Å². The molecule has 4 rings (SSSR count). The summed E-state index contributed by atoms with van der Waals surface area (Å²) in [6.45, 7) is 6.94. The number of nitrogens with zero attached hydrogens (tertiary/aromatic N) is 3. The smallest absolute Gasteiger partial charge is 0.233 e. The molecule has 0 atom stereocenters. The van der Waals surface area contributed by atoms with Gasteiger partial charge in [0.05, 0.1) is 29.9 Å². The van der Waals surface area contributed by atoms with Crippen LogP contribution in [0.15, 0.2) is 36.4 Å². The number of rotatable bonds is 7. The molecule has 0 bridgehead atoms. The van der Waals surface area contributed by atoms with Gasteiger partial charge in [-0.25, -0.2) is 4.98 Å². The van der Waals surface area contributed by atoms with Gasteiger partial charge in [-0.3, -0.25) is 14.6 Å². The van der Waals surface area contributed by atoms with E-state index in [1.54, 1.807) is 0 Å². The maximum atomic E-state index is 13.4. The summed E-state index contributed by atoms with van der Waals surface area (Å²) >= 11 is 14.1. The van der Waals surface area contributed by atoms with Gasteiger partial charge in [-0.1, -0.05) is 52.7 Å². The maximum absolute atomic E-state index is 13.4. The van der Waals surface area contributed by atoms with Gasteiger partial charge in [0, 0.05) is 36.2 Å². The molecule has 1 aromatic heterocycles. The molecule has 5 nitrogen and oxygen atoms in total. The number of aromatic nitrogens is 1. The lowest BCUT2D eigenvalue weighted by atomic mass is 10.1. The van der Waals surface area contributed by atoms with Gasteiger partial charge in [-0.2, -0.15) is 0 Å². The number of amides is 1. The van der Waals surface area contributed by atoms with Gasteiger partial charge in [-0.05, 0) is 42.7 Å². The molecule has 0 saturated carbocycles. The third-order valence-electron chi connectivity index (χ3n) is 5.43. The lowest BCUT2D eigenvalue weighted by molar-refractivity contribution is -0.118. The zero-order valence-corrected chi connectivity index (χ0v) is 19.8. The first-order chi connectivity index (χ1) is 15.0. The number of carbonyl (C=O) groups is 1. The lowest BCUT2D eigenvalue weighted by Crippen LogP contribution is -2.39. The Morgan fingerprint density at radius 1 is 1.23 bits per heavy atom. The highest BCUT2D eigenvalue weighted by atomic mass is 35.5. The van der Waals surface area contributed by atoms with E-state index in [1.807, 2.05) is 48.2 Å². The molecule has 8 heteroatoms. The van der Waals surface area contributed by atoms with E-state index in [9.17, 15) is 4.79 Å². The standard InChI is InChI=1S/C23H25Cl2N3O2S/c1-16-13-18(24)15-20-22(16)26-23(31-20)28(8-4-7-27-9-11-30-12-10-27)21(29)14-17-5-2-3-6-19(17)25/h2-3,5-6,13,15H,4,7-12,14H2,1H3. The van der Waals surface area contributed by atoms with Crippen molar-refractivity contribution in [1.29, 1.82) is 0 Å². The van der Waals surface area contributed by atoms with Gasteiger partial charge in [0.25, 0.3) is 0 Å². The number of hydrogen-bond acceptors (Lipinski definition) is 5. The number of fused-ring (bicyclic) bond motifs is 1. The second-order valence-electron chi connectivity index (χ2n) is 7.69. The van der Waals surface area contributed by atoms with Gasteiger partial charge in [0.1, 0.15) is 0 Å². The third kappa shape index (κ3) is 5.57. The predicted octanol–water partition coefficient (Wildman–Crippen LogP) is 5.21. The van der Waals surface area contributed by atoms with Gasteiger partial charge < -0.3 is 4.74 Å². The number of carbonyl (C=O) groups excluding carboxylic acids is 1. The summed E-state index contributed by atoms with van der Waals surface area (Å²) in [5.41, 5.74) is 2.73. The van der Waals surface area contributed by atoms with Crippen molar-refractivity contribution in [3.63, 3.8) is 0 Å². The number of morpholine rings is 1. The van der Waals surface area contributed by atoms with E-state index < -0.39 is 0 Å². The minimum atomic E-state index is -0.00196. The molecular weight excluding hydrogens is 453 g/mol. The van der Waals surface area contributed by atoms with Crippen LogP contribution in [0.4, 0.5) is 5.13 Å². The summed E-state index contributed by atoms with van der Waals surface area (Å²) in [5, 5.41) is 2.00. The molecule has 1 aliphatic heterocycles. The highest BCUT2D eigenvalue weighted by Crippen LogP contribution is 2.33. The molecule has 0 N–H and O–H groups in total. The lowest BCUT2D eigenvalue weighted by Gasteiger charge is -2.27. The van der Waals surface area contributed by atoms with E-state index in [0.717, 1.165) is 60.6 Å². The Kier molecular flexibility index (Phi) is 7.46. The van der Waals surface area contributed by atoms with E-state index in [2.05, 4.69) is 4.90 Å². The van der Waals surface area contributed by atoms with Crippen LogP contribution in [0.25, 0.3) is 10.2 Å². The Morgan fingerprint density at radius 2 is 2.00 bits per heavy atom. The van der Waals surface area contributed by atoms with E-state index in [-0.39, 0.29) is 12.3 Å². The first-order valence-electron chi connectivity index (χ1n) is 10.4. The molecule has 1 saturated heterocycles. The van der Waals surface area contributed by atoms with E-state index in [0.29, 0.717) is 21.7 Å². The molecule has 1 aliphatic rings. The minimum absolute atomic E-state index is 0.00196. The van der Waals surface area contributed by atoms with Crippen LogP contribution in [0.5, 0.6) is 0 Å². The van der Waals surface area contributed by atoms with Crippen molar-refractivity contribution < 1.29 is 9.53 Å². The van der Waals surface area contributed by atoms with Gasteiger partial charge in [-0.15, -0.1) is 0 Å². The van der Waals surface area contributed by atoms with Gasteiger partial charge in [0.2, 0.25) is 5.91 Å². The fraction of sp³-hybridized carbons (Fsp3) is 0.391. The molecular formula is C23H25Cl2N3O2S. The summed E-state index contributed by atoms with van der Waals surface area (Å²) < 4.78 is 6.42. The van der Waals surface area contributed by atoms with Crippen LogP contribution in [0.3, 0.4) is 0 Å². The Hall–Kier alpha value is -1.70. The number of benzene rings is 2. The fourth-order valence-corrected chi connectivity index (χ4v) is 5.43. The van der Waals surface area contributed by atoms with Crippen LogP contribution >= 0.6 is 34.5 Å². The molecule has 0 unspecified atom stereocenters. The topological polar surface area (TPSA) is 45.7 Å².